The highest BCUT2D eigenvalue weighted by Gasteiger charge is 2.29. The summed E-state index contributed by atoms with van der Waals surface area (Å²) >= 11 is 0. The maximum atomic E-state index is 14.4. The standard InChI is InChI=1S/C23H18FN3O5S/c24-18-5-1-2-6-22(18)33(29,30)27(12-15-4-3-7-25-11-15)13-17-8-16-9-20-21(32-14-31-20)10-19(16)26-23(17)28/h1-11H,12-14H2,(H,26,28). The third kappa shape index (κ3) is 4.06. The van der Waals surface area contributed by atoms with E-state index in [1.807, 2.05) is 0 Å². The molecule has 1 aliphatic heterocycles. The van der Waals surface area contributed by atoms with Gasteiger partial charge in [-0.15, -0.1) is 0 Å². The third-order valence-corrected chi connectivity index (χ3v) is 7.12. The number of H-pyrrole nitrogens is 1. The minimum absolute atomic E-state index is 0.0858. The van der Waals surface area contributed by atoms with Crippen molar-refractivity contribution < 1.29 is 22.3 Å². The zero-order chi connectivity index (χ0) is 23.0. The molecule has 0 unspecified atom stereocenters. The highest BCUT2D eigenvalue weighted by Crippen LogP contribution is 2.35. The number of nitrogens with one attached hydrogen (secondary N) is 1. The highest BCUT2D eigenvalue weighted by atomic mass is 32.2. The third-order valence-electron chi connectivity index (χ3n) is 5.30. The van der Waals surface area contributed by atoms with E-state index in [0.717, 1.165) is 10.4 Å². The highest BCUT2D eigenvalue weighted by molar-refractivity contribution is 7.89. The molecule has 8 nitrogen and oxygen atoms in total. The van der Waals surface area contributed by atoms with Gasteiger partial charge in [0.25, 0.3) is 5.56 Å². The zero-order valence-electron chi connectivity index (χ0n) is 17.2. The molecule has 0 saturated heterocycles. The van der Waals surface area contributed by atoms with Crippen LogP contribution in [0, 0.1) is 5.82 Å². The normalized spacial score (nSPS) is 13.0. The van der Waals surface area contributed by atoms with E-state index in [4.69, 9.17) is 9.47 Å². The van der Waals surface area contributed by atoms with Gasteiger partial charge < -0.3 is 14.5 Å². The summed E-state index contributed by atoms with van der Waals surface area (Å²) in [6.07, 6.45) is 3.09. The van der Waals surface area contributed by atoms with Crippen molar-refractivity contribution in [3.63, 3.8) is 0 Å². The molecule has 10 heteroatoms. The van der Waals surface area contributed by atoms with Crippen molar-refractivity contribution in [2.75, 3.05) is 6.79 Å². The Morgan fingerprint density at radius 2 is 1.82 bits per heavy atom. The number of ether oxygens (including phenoxy) is 2. The molecule has 4 aromatic rings. The van der Waals surface area contributed by atoms with Gasteiger partial charge in [-0.05, 0) is 35.9 Å². The number of rotatable bonds is 6. The van der Waals surface area contributed by atoms with Gasteiger partial charge in [-0.2, -0.15) is 4.31 Å². The average Bonchev–Trinajstić information content (AvgIpc) is 3.25. The molecule has 168 valence electrons. The Morgan fingerprint density at radius 3 is 2.58 bits per heavy atom. The van der Waals surface area contributed by atoms with Crippen LogP contribution in [0.15, 0.2) is 76.7 Å². The van der Waals surface area contributed by atoms with Crippen LogP contribution in [0.1, 0.15) is 11.1 Å². The molecular weight excluding hydrogens is 449 g/mol. The molecule has 2 aromatic carbocycles. The molecule has 3 heterocycles. The van der Waals surface area contributed by atoms with Crippen LogP contribution in [0.2, 0.25) is 0 Å². The molecule has 0 amide bonds. The molecule has 5 rings (SSSR count). The number of halogens is 1. The van der Waals surface area contributed by atoms with Crippen LogP contribution < -0.4 is 15.0 Å². The number of nitrogens with zero attached hydrogens (tertiary/aromatic N) is 2. The lowest BCUT2D eigenvalue weighted by atomic mass is 10.1. The number of pyridine rings is 2. The second kappa shape index (κ2) is 8.30. The van der Waals surface area contributed by atoms with Crippen LogP contribution in [-0.2, 0) is 23.1 Å². The minimum atomic E-state index is -4.27. The smallest absolute Gasteiger partial charge is 0.252 e. The summed E-state index contributed by atoms with van der Waals surface area (Å²) < 4.78 is 53.0. The molecule has 0 radical (unpaired) electrons. The molecule has 0 saturated carbocycles. The first-order valence-corrected chi connectivity index (χ1v) is 11.4. The quantitative estimate of drug-likeness (QED) is 0.467. The summed E-state index contributed by atoms with van der Waals surface area (Å²) in [5.41, 5.74) is 0.869. The van der Waals surface area contributed by atoms with Gasteiger partial charge in [0, 0.05) is 42.5 Å². The lowest BCUT2D eigenvalue weighted by molar-refractivity contribution is 0.174. The van der Waals surface area contributed by atoms with Crippen LogP contribution >= 0.6 is 0 Å². The predicted octanol–water partition coefficient (Wildman–Crippen LogP) is 3.18. The summed E-state index contributed by atoms with van der Waals surface area (Å²) in [6.45, 7) is -0.281. The fraction of sp³-hybridized carbons (Fsp3) is 0.130. The maximum absolute atomic E-state index is 14.4. The average molecular weight is 467 g/mol. The van der Waals surface area contributed by atoms with Crippen LogP contribution in [0.25, 0.3) is 10.9 Å². The van der Waals surface area contributed by atoms with Gasteiger partial charge in [-0.1, -0.05) is 18.2 Å². The van der Waals surface area contributed by atoms with Crippen molar-refractivity contribution in [3.05, 3.63) is 94.3 Å². The number of aromatic nitrogens is 2. The van der Waals surface area contributed by atoms with Gasteiger partial charge in [0.15, 0.2) is 11.5 Å². The first-order chi connectivity index (χ1) is 15.9. The molecule has 1 N–H and O–H groups in total. The fourth-order valence-corrected chi connectivity index (χ4v) is 5.13. The summed E-state index contributed by atoms with van der Waals surface area (Å²) in [5.74, 6) is 0.187. The Hall–Kier alpha value is -3.76. The second-order valence-corrected chi connectivity index (χ2v) is 9.39. The lowest BCUT2D eigenvalue weighted by Crippen LogP contribution is -2.33. The Morgan fingerprint density at radius 1 is 1.03 bits per heavy atom. The molecule has 0 atom stereocenters. The first kappa shape index (κ1) is 21.1. The lowest BCUT2D eigenvalue weighted by Gasteiger charge is -2.22. The van der Waals surface area contributed by atoms with E-state index in [1.54, 1.807) is 36.5 Å². The summed E-state index contributed by atoms with van der Waals surface area (Å²) in [4.78, 5) is 19.1. The van der Waals surface area contributed by atoms with Gasteiger partial charge in [0.05, 0.1) is 5.52 Å². The summed E-state index contributed by atoms with van der Waals surface area (Å²) in [6, 6.07) is 13.5. The van der Waals surface area contributed by atoms with Gasteiger partial charge >= 0.3 is 0 Å². The molecule has 1 aliphatic rings. The molecule has 0 spiro atoms. The summed E-state index contributed by atoms with van der Waals surface area (Å²) in [5, 5.41) is 0.651. The van der Waals surface area contributed by atoms with E-state index in [2.05, 4.69) is 9.97 Å². The number of benzene rings is 2. The summed E-state index contributed by atoms with van der Waals surface area (Å²) in [7, 11) is -4.27. The van der Waals surface area contributed by atoms with Crippen molar-refractivity contribution in [1.82, 2.24) is 14.3 Å². The number of sulfonamides is 1. The monoisotopic (exact) mass is 467 g/mol. The largest absolute Gasteiger partial charge is 0.454 e. The van der Waals surface area contributed by atoms with Gasteiger partial charge in [-0.25, -0.2) is 12.8 Å². The van der Waals surface area contributed by atoms with E-state index in [1.165, 1.54) is 24.4 Å². The number of aromatic amines is 1. The maximum Gasteiger partial charge on any atom is 0.252 e. The Kier molecular flexibility index (Phi) is 5.31. The molecule has 33 heavy (non-hydrogen) atoms. The number of fused-ring (bicyclic) bond motifs is 2. The van der Waals surface area contributed by atoms with Gasteiger partial charge in [0.2, 0.25) is 16.8 Å². The van der Waals surface area contributed by atoms with E-state index in [-0.39, 0.29) is 25.4 Å². The molecule has 0 fully saturated rings. The van der Waals surface area contributed by atoms with Gasteiger partial charge in [-0.3, -0.25) is 9.78 Å². The Balaban J connectivity index is 1.58. The van der Waals surface area contributed by atoms with Gasteiger partial charge in [0.1, 0.15) is 10.7 Å². The molecule has 2 aromatic heterocycles. The molecule has 0 bridgehead atoms. The second-order valence-electron chi connectivity index (χ2n) is 7.48. The van der Waals surface area contributed by atoms with E-state index >= 15 is 0 Å². The van der Waals surface area contributed by atoms with Crippen LogP contribution in [0.5, 0.6) is 11.5 Å². The van der Waals surface area contributed by atoms with E-state index < -0.39 is 26.3 Å². The zero-order valence-corrected chi connectivity index (χ0v) is 18.0. The molecule has 0 aliphatic carbocycles. The van der Waals surface area contributed by atoms with Crippen LogP contribution in [-0.4, -0.2) is 29.5 Å². The molecular formula is C23H18FN3O5S. The number of hydrogen-bond donors (Lipinski definition) is 1. The van der Waals surface area contributed by atoms with Crippen LogP contribution in [0.4, 0.5) is 4.39 Å². The van der Waals surface area contributed by atoms with Crippen molar-refractivity contribution in [1.29, 1.82) is 0 Å². The minimum Gasteiger partial charge on any atom is -0.454 e. The van der Waals surface area contributed by atoms with Crippen molar-refractivity contribution in [2.24, 2.45) is 0 Å². The van der Waals surface area contributed by atoms with Crippen molar-refractivity contribution in [2.45, 2.75) is 18.0 Å². The van der Waals surface area contributed by atoms with Crippen LogP contribution in [0.3, 0.4) is 0 Å². The van der Waals surface area contributed by atoms with E-state index in [9.17, 15) is 17.6 Å². The van der Waals surface area contributed by atoms with Crippen molar-refractivity contribution in [3.8, 4) is 11.5 Å². The Labute approximate surface area is 188 Å². The first-order valence-electron chi connectivity index (χ1n) is 10.0. The van der Waals surface area contributed by atoms with Crippen molar-refractivity contribution >= 4 is 20.9 Å². The predicted molar refractivity (Wildman–Crippen MR) is 118 cm³/mol. The topological polar surface area (TPSA) is 102 Å². The fourth-order valence-electron chi connectivity index (χ4n) is 3.66. The van der Waals surface area contributed by atoms with E-state index in [0.29, 0.717) is 28.0 Å². The SMILES string of the molecule is O=c1[nH]c2cc3c(cc2cc1CN(Cc1cccnc1)S(=O)(=O)c1ccccc1F)OCO3. The Bertz CT molecular complexity index is 1510. The number of hydrogen-bond acceptors (Lipinski definition) is 6.